The normalized spacial score (nSPS) is 19.2. The number of hydrogen-bond acceptors (Lipinski definition) is 3. The first-order valence-corrected chi connectivity index (χ1v) is 10.6. The van der Waals surface area contributed by atoms with Crippen molar-refractivity contribution < 1.29 is 9.53 Å². The summed E-state index contributed by atoms with van der Waals surface area (Å²) >= 11 is 1.69. The lowest BCUT2D eigenvalue weighted by atomic mass is 9.95. The molecule has 0 saturated carbocycles. The summed E-state index contributed by atoms with van der Waals surface area (Å²) < 4.78 is 5.63. The Hall–Kier alpha value is -1.65. The van der Waals surface area contributed by atoms with Crippen LogP contribution in [0.1, 0.15) is 73.9 Å². The minimum Gasteiger partial charge on any atom is -0.378 e. The standard InChI is InChI=1S/C22H29NO2S/c1-3-16(2)17-8-10-18(11-9-17)22(20-7-5-15-26-20)23-21(24)13-12-19-6-4-14-25-19/h5,7-11,15-16,19,22H,3-4,6,12-14H2,1-2H3,(H,23,24). The molecule has 1 aliphatic heterocycles. The molecule has 1 aliphatic rings. The summed E-state index contributed by atoms with van der Waals surface area (Å²) in [5, 5.41) is 5.30. The first-order chi connectivity index (χ1) is 12.7. The molecule has 0 aliphatic carbocycles. The highest BCUT2D eigenvalue weighted by Gasteiger charge is 2.21. The zero-order chi connectivity index (χ0) is 18.4. The Morgan fingerprint density at radius 1 is 1.27 bits per heavy atom. The number of carbonyl (C=O) groups is 1. The van der Waals surface area contributed by atoms with E-state index in [1.807, 2.05) is 6.07 Å². The van der Waals surface area contributed by atoms with Gasteiger partial charge in [0.1, 0.15) is 0 Å². The van der Waals surface area contributed by atoms with Crippen LogP contribution >= 0.6 is 11.3 Å². The van der Waals surface area contributed by atoms with E-state index in [-0.39, 0.29) is 18.1 Å². The van der Waals surface area contributed by atoms with Crippen LogP contribution < -0.4 is 5.32 Å². The summed E-state index contributed by atoms with van der Waals surface area (Å²) in [5.74, 6) is 0.662. The van der Waals surface area contributed by atoms with Crippen molar-refractivity contribution in [1.29, 1.82) is 0 Å². The number of carbonyl (C=O) groups excluding carboxylic acids is 1. The van der Waals surface area contributed by atoms with Crippen LogP contribution in [0, 0.1) is 0 Å². The molecule has 1 saturated heterocycles. The van der Waals surface area contributed by atoms with Crippen molar-refractivity contribution in [2.75, 3.05) is 6.61 Å². The quantitative estimate of drug-likeness (QED) is 0.672. The predicted molar refractivity (Wildman–Crippen MR) is 108 cm³/mol. The SMILES string of the molecule is CCC(C)c1ccc(C(NC(=O)CCC2CCCO2)c2cccs2)cc1. The Morgan fingerprint density at radius 2 is 2.04 bits per heavy atom. The maximum atomic E-state index is 12.5. The van der Waals surface area contributed by atoms with Gasteiger partial charge in [0, 0.05) is 17.9 Å². The zero-order valence-corrected chi connectivity index (χ0v) is 16.6. The van der Waals surface area contributed by atoms with E-state index in [4.69, 9.17) is 4.74 Å². The van der Waals surface area contributed by atoms with Crippen molar-refractivity contribution >= 4 is 17.2 Å². The molecule has 1 N–H and O–H groups in total. The van der Waals surface area contributed by atoms with Gasteiger partial charge in [-0.2, -0.15) is 0 Å². The Kier molecular flexibility index (Phi) is 6.86. The smallest absolute Gasteiger partial charge is 0.220 e. The molecule has 140 valence electrons. The highest BCUT2D eigenvalue weighted by Crippen LogP contribution is 2.28. The minimum absolute atomic E-state index is 0.0713. The van der Waals surface area contributed by atoms with Crippen molar-refractivity contribution in [3.05, 3.63) is 57.8 Å². The summed E-state index contributed by atoms with van der Waals surface area (Å²) in [6.07, 6.45) is 4.93. The third kappa shape index (κ3) is 4.95. The van der Waals surface area contributed by atoms with E-state index in [0.29, 0.717) is 12.3 Å². The lowest BCUT2D eigenvalue weighted by Crippen LogP contribution is -2.29. The van der Waals surface area contributed by atoms with E-state index in [1.54, 1.807) is 11.3 Å². The van der Waals surface area contributed by atoms with E-state index in [1.165, 1.54) is 10.4 Å². The fraction of sp³-hybridized carbons (Fsp3) is 0.500. The number of rotatable bonds is 8. The van der Waals surface area contributed by atoms with Gasteiger partial charge in [-0.3, -0.25) is 4.79 Å². The summed E-state index contributed by atoms with van der Waals surface area (Å²) in [4.78, 5) is 13.7. The van der Waals surface area contributed by atoms with E-state index in [9.17, 15) is 4.79 Å². The molecular formula is C22H29NO2S. The van der Waals surface area contributed by atoms with E-state index in [2.05, 4.69) is 54.9 Å². The number of amides is 1. The zero-order valence-electron chi connectivity index (χ0n) is 15.7. The third-order valence-corrected chi connectivity index (χ3v) is 6.24. The molecule has 0 spiro atoms. The average molecular weight is 372 g/mol. The number of benzene rings is 1. The second kappa shape index (κ2) is 9.33. The van der Waals surface area contributed by atoms with Crippen molar-refractivity contribution in [2.24, 2.45) is 0 Å². The number of thiophene rings is 1. The fourth-order valence-electron chi connectivity index (χ4n) is 3.42. The molecule has 1 fully saturated rings. The first kappa shape index (κ1) is 19.1. The average Bonchev–Trinajstić information content (AvgIpc) is 3.38. The molecule has 3 rings (SSSR count). The van der Waals surface area contributed by atoms with Gasteiger partial charge < -0.3 is 10.1 Å². The van der Waals surface area contributed by atoms with Crippen LogP contribution in [0.5, 0.6) is 0 Å². The van der Waals surface area contributed by atoms with Crippen LogP contribution in [0.4, 0.5) is 0 Å². The summed E-state index contributed by atoms with van der Waals surface area (Å²) in [6, 6.07) is 12.8. The van der Waals surface area contributed by atoms with Crippen LogP contribution in [0.15, 0.2) is 41.8 Å². The van der Waals surface area contributed by atoms with Crippen LogP contribution in [-0.2, 0) is 9.53 Å². The second-order valence-electron chi connectivity index (χ2n) is 7.17. The summed E-state index contributed by atoms with van der Waals surface area (Å²) in [6.45, 7) is 5.30. The molecule has 1 aromatic heterocycles. The van der Waals surface area contributed by atoms with Gasteiger partial charge in [-0.25, -0.2) is 0 Å². The summed E-state index contributed by atoms with van der Waals surface area (Å²) in [5.41, 5.74) is 2.50. The van der Waals surface area contributed by atoms with Crippen molar-refractivity contribution in [3.8, 4) is 0 Å². The number of nitrogens with one attached hydrogen (secondary N) is 1. The molecule has 0 bridgehead atoms. The van der Waals surface area contributed by atoms with Crippen molar-refractivity contribution in [3.63, 3.8) is 0 Å². The van der Waals surface area contributed by atoms with Crippen LogP contribution in [0.2, 0.25) is 0 Å². The minimum atomic E-state index is -0.0713. The third-order valence-electron chi connectivity index (χ3n) is 5.30. The molecule has 2 aromatic rings. The Bertz CT molecular complexity index is 675. The van der Waals surface area contributed by atoms with Gasteiger partial charge in [0.2, 0.25) is 5.91 Å². The van der Waals surface area contributed by atoms with E-state index >= 15 is 0 Å². The molecule has 26 heavy (non-hydrogen) atoms. The Morgan fingerprint density at radius 3 is 2.65 bits per heavy atom. The molecule has 3 unspecified atom stereocenters. The van der Waals surface area contributed by atoms with Gasteiger partial charge in [0.15, 0.2) is 0 Å². The van der Waals surface area contributed by atoms with Crippen LogP contribution in [0.25, 0.3) is 0 Å². The second-order valence-corrected chi connectivity index (χ2v) is 8.14. The van der Waals surface area contributed by atoms with Crippen molar-refractivity contribution in [2.45, 2.75) is 64.0 Å². The molecule has 1 amide bonds. The highest BCUT2D eigenvalue weighted by atomic mass is 32.1. The molecule has 4 heteroatoms. The molecule has 3 atom stereocenters. The van der Waals surface area contributed by atoms with Crippen LogP contribution in [-0.4, -0.2) is 18.6 Å². The van der Waals surface area contributed by atoms with Crippen molar-refractivity contribution in [1.82, 2.24) is 5.32 Å². The van der Waals surface area contributed by atoms with Crippen LogP contribution in [0.3, 0.4) is 0 Å². The lowest BCUT2D eigenvalue weighted by Gasteiger charge is -2.20. The Balaban J connectivity index is 1.68. The monoisotopic (exact) mass is 371 g/mol. The van der Waals surface area contributed by atoms with E-state index in [0.717, 1.165) is 37.9 Å². The van der Waals surface area contributed by atoms with Gasteiger partial charge >= 0.3 is 0 Å². The lowest BCUT2D eigenvalue weighted by molar-refractivity contribution is -0.122. The maximum Gasteiger partial charge on any atom is 0.220 e. The predicted octanol–water partition coefficient (Wildman–Crippen LogP) is 5.43. The largest absolute Gasteiger partial charge is 0.378 e. The van der Waals surface area contributed by atoms with Gasteiger partial charge in [-0.05, 0) is 54.2 Å². The molecule has 1 aromatic carbocycles. The van der Waals surface area contributed by atoms with Gasteiger partial charge in [-0.15, -0.1) is 11.3 Å². The van der Waals surface area contributed by atoms with Gasteiger partial charge in [0.25, 0.3) is 0 Å². The summed E-state index contributed by atoms with van der Waals surface area (Å²) in [7, 11) is 0. The topological polar surface area (TPSA) is 38.3 Å². The number of hydrogen-bond donors (Lipinski definition) is 1. The first-order valence-electron chi connectivity index (χ1n) is 9.71. The molecule has 0 radical (unpaired) electrons. The van der Waals surface area contributed by atoms with Gasteiger partial charge in [-0.1, -0.05) is 44.2 Å². The maximum absolute atomic E-state index is 12.5. The Labute approximate surface area is 160 Å². The van der Waals surface area contributed by atoms with E-state index < -0.39 is 0 Å². The molecular weight excluding hydrogens is 342 g/mol. The number of ether oxygens (including phenoxy) is 1. The molecule has 2 heterocycles. The highest BCUT2D eigenvalue weighted by molar-refractivity contribution is 7.10. The molecule has 3 nitrogen and oxygen atoms in total. The fourth-order valence-corrected chi connectivity index (χ4v) is 4.23. The van der Waals surface area contributed by atoms with Gasteiger partial charge in [0.05, 0.1) is 12.1 Å².